The van der Waals surface area contributed by atoms with Gasteiger partial charge < -0.3 is 15.2 Å². The van der Waals surface area contributed by atoms with Gasteiger partial charge in [0.1, 0.15) is 5.60 Å². The van der Waals surface area contributed by atoms with Gasteiger partial charge in [0.25, 0.3) is 0 Å². The molecule has 0 saturated heterocycles. The van der Waals surface area contributed by atoms with E-state index in [1.807, 2.05) is 45.0 Å². The van der Waals surface area contributed by atoms with Crippen molar-refractivity contribution in [1.29, 1.82) is 0 Å². The summed E-state index contributed by atoms with van der Waals surface area (Å²) in [6.07, 6.45) is 2.40. The summed E-state index contributed by atoms with van der Waals surface area (Å²) in [4.78, 5) is 12.0. The largest absolute Gasteiger partial charge is 0.444 e. The number of amides is 1. The first-order valence-electron chi connectivity index (χ1n) is 8.11. The Labute approximate surface area is 143 Å². The van der Waals surface area contributed by atoms with Crippen LogP contribution in [0.15, 0.2) is 24.3 Å². The number of aliphatic hydroxyl groups excluding tert-OH is 1. The highest BCUT2D eigenvalue weighted by Gasteiger charge is 2.37. The van der Waals surface area contributed by atoms with Crippen molar-refractivity contribution in [3.8, 4) is 0 Å². The normalized spacial score (nSPS) is 25.0. The molecule has 128 valence electrons. The molecular formula is C18H26ClNO3. The molecule has 0 unspecified atom stereocenters. The van der Waals surface area contributed by atoms with E-state index in [0.29, 0.717) is 11.6 Å². The molecule has 0 spiro atoms. The van der Waals surface area contributed by atoms with Crippen LogP contribution in [0.3, 0.4) is 0 Å². The van der Waals surface area contributed by atoms with Gasteiger partial charge in [-0.15, -0.1) is 0 Å². The summed E-state index contributed by atoms with van der Waals surface area (Å²) in [5, 5.41) is 13.4. The number of hydrogen-bond acceptors (Lipinski definition) is 3. The Morgan fingerprint density at radius 1 is 1.39 bits per heavy atom. The third-order valence-electron chi connectivity index (χ3n) is 4.32. The smallest absolute Gasteiger partial charge is 0.407 e. The average molecular weight is 340 g/mol. The molecule has 1 aliphatic carbocycles. The number of alkyl carbamates (subject to hydrolysis) is 1. The number of halogens is 1. The molecule has 0 radical (unpaired) electrons. The summed E-state index contributed by atoms with van der Waals surface area (Å²) in [6.45, 7) is 6.01. The van der Waals surface area contributed by atoms with Crippen LogP contribution >= 0.6 is 11.6 Å². The Bertz CT molecular complexity index is 545. The highest BCUT2D eigenvalue weighted by Crippen LogP contribution is 2.40. The van der Waals surface area contributed by atoms with Crippen molar-refractivity contribution in [3.05, 3.63) is 34.9 Å². The lowest BCUT2D eigenvalue weighted by Crippen LogP contribution is -2.45. The lowest BCUT2D eigenvalue weighted by molar-refractivity contribution is 0.0487. The topological polar surface area (TPSA) is 58.6 Å². The monoisotopic (exact) mass is 339 g/mol. The van der Waals surface area contributed by atoms with E-state index in [1.165, 1.54) is 0 Å². The summed E-state index contributed by atoms with van der Waals surface area (Å²) < 4.78 is 5.33. The van der Waals surface area contributed by atoms with E-state index in [9.17, 15) is 9.90 Å². The van der Waals surface area contributed by atoms with Crippen LogP contribution in [0.1, 0.15) is 52.0 Å². The number of ether oxygens (including phenoxy) is 1. The van der Waals surface area contributed by atoms with Crippen LogP contribution in [-0.2, 0) is 10.2 Å². The zero-order valence-electron chi connectivity index (χ0n) is 14.1. The van der Waals surface area contributed by atoms with Crippen LogP contribution in [0.5, 0.6) is 0 Å². The van der Waals surface area contributed by atoms with Gasteiger partial charge in [0.2, 0.25) is 0 Å². The zero-order chi connectivity index (χ0) is 17.1. The van der Waals surface area contributed by atoms with Crippen molar-refractivity contribution in [3.63, 3.8) is 0 Å². The fourth-order valence-corrected chi connectivity index (χ4v) is 3.29. The summed E-state index contributed by atoms with van der Waals surface area (Å²) in [5.74, 6) is 0. The number of rotatable bonds is 3. The molecular weight excluding hydrogens is 314 g/mol. The number of nitrogens with one attached hydrogen (secondary N) is 1. The van der Waals surface area contributed by atoms with Crippen molar-refractivity contribution in [1.82, 2.24) is 5.32 Å². The molecule has 2 rings (SSSR count). The summed E-state index contributed by atoms with van der Waals surface area (Å²) in [6, 6.07) is 7.77. The maximum Gasteiger partial charge on any atom is 0.407 e. The van der Waals surface area contributed by atoms with Crippen molar-refractivity contribution >= 4 is 17.7 Å². The minimum absolute atomic E-state index is 0.207. The maximum absolute atomic E-state index is 12.0. The van der Waals surface area contributed by atoms with Crippen LogP contribution in [0, 0.1) is 0 Å². The summed E-state index contributed by atoms with van der Waals surface area (Å²) in [5.41, 5.74) is 0.379. The zero-order valence-corrected chi connectivity index (χ0v) is 14.8. The van der Waals surface area contributed by atoms with Crippen molar-refractivity contribution in [2.75, 3.05) is 6.54 Å². The molecule has 4 nitrogen and oxygen atoms in total. The molecule has 0 aliphatic heterocycles. The Morgan fingerprint density at radius 2 is 2.04 bits per heavy atom. The molecule has 1 saturated carbocycles. The lowest BCUT2D eigenvalue weighted by Gasteiger charge is -2.39. The van der Waals surface area contributed by atoms with Crippen LogP contribution in [0.4, 0.5) is 4.79 Å². The van der Waals surface area contributed by atoms with E-state index in [1.54, 1.807) is 0 Å². The number of carbonyl (C=O) groups excluding carboxylic acids is 1. The molecule has 0 aromatic heterocycles. The highest BCUT2D eigenvalue weighted by atomic mass is 35.5. The fourth-order valence-electron chi connectivity index (χ4n) is 3.10. The highest BCUT2D eigenvalue weighted by molar-refractivity contribution is 6.30. The van der Waals surface area contributed by atoms with Gasteiger partial charge in [0, 0.05) is 17.0 Å². The van der Waals surface area contributed by atoms with Gasteiger partial charge in [-0.2, -0.15) is 0 Å². The van der Waals surface area contributed by atoms with Crippen molar-refractivity contribution in [2.24, 2.45) is 0 Å². The molecule has 1 aliphatic rings. The van der Waals surface area contributed by atoms with E-state index < -0.39 is 11.7 Å². The minimum Gasteiger partial charge on any atom is -0.444 e. The van der Waals surface area contributed by atoms with Crippen LogP contribution < -0.4 is 5.32 Å². The van der Waals surface area contributed by atoms with E-state index in [2.05, 4.69) is 5.32 Å². The molecule has 0 atom stereocenters. The van der Waals surface area contributed by atoms with Gasteiger partial charge in [-0.05, 0) is 64.2 Å². The van der Waals surface area contributed by atoms with Crippen LogP contribution in [-0.4, -0.2) is 29.4 Å². The van der Waals surface area contributed by atoms with Crippen molar-refractivity contribution < 1.29 is 14.6 Å². The standard InChI is InChI=1S/C18H26ClNO3/c1-17(2,3)23-16(22)20-12-18(9-7-15(21)8-10-18)13-5-4-6-14(19)11-13/h4-6,11,15,21H,7-10,12H2,1-3H3,(H,20,22)/t15-,18+. The first kappa shape index (κ1) is 18.1. The summed E-state index contributed by atoms with van der Waals surface area (Å²) in [7, 11) is 0. The molecule has 5 heteroatoms. The minimum atomic E-state index is -0.518. The Balaban J connectivity index is 2.14. The first-order chi connectivity index (χ1) is 10.7. The second-order valence-corrected chi connectivity index (χ2v) is 7.81. The first-order valence-corrected chi connectivity index (χ1v) is 8.49. The summed E-state index contributed by atoms with van der Waals surface area (Å²) >= 11 is 6.14. The lowest BCUT2D eigenvalue weighted by atomic mass is 9.68. The SMILES string of the molecule is CC(C)(C)OC(=O)NC[C@]1(c2cccc(Cl)c2)CC[C@@H](O)CC1. The number of hydrogen-bond donors (Lipinski definition) is 2. The van der Waals surface area contributed by atoms with Gasteiger partial charge in [-0.25, -0.2) is 4.79 Å². The second kappa shape index (κ2) is 7.10. The quantitative estimate of drug-likeness (QED) is 0.873. The van der Waals surface area contributed by atoms with Crippen LogP contribution in [0.25, 0.3) is 0 Å². The van der Waals surface area contributed by atoms with E-state index in [0.717, 1.165) is 31.2 Å². The van der Waals surface area contributed by atoms with Gasteiger partial charge in [0.05, 0.1) is 6.10 Å². The van der Waals surface area contributed by atoms with Gasteiger partial charge in [0.15, 0.2) is 0 Å². The Morgan fingerprint density at radius 3 is 2.61 bits per heavy atom. The second-order valence-electron chi connectivity index (χ2n) is 7.38. The number of benzene rings is 1. The number of aliphatic hydroxyl groups is 1. The van der Waals surface area contributed by atoms with Gasteiger partial charge in [-0.3, -0.25) is 0 Å². The predicted octanol–water partition coefficient (Wildman–Crippen LogP) is 4.04. The van der Waals surface area contributed by atoms with Crippen molar-refractivity contribution in [2.45, 2.75) is 63.6 Å². The molecule has 1 fully saturated rings. The molecule has 0 bridgehead atoms. The van der Waals surface area contributed by atoms with E-state index >= 15 is 0 Å². The van der Waals surface area contributed by atoms with Gasteiger partial charge >= 0.3 is 6.09 Å². The van der Waals surface area contributed by atoms with E-state index in [4.69, 9.17) is 16.3 Å². The fraction of sp³-hybridized carbons (Fsp3) is 0.611. The average Bonchev–Trinajstić information content (AvgIpc) is 2.45. The maximum atomic E-state index is 12.0. The third kappa shape index (κ3) is 5.11. The molecule has 0 heterocycles. The predicted molar refractivity (Wildman–Crippen MR) is 91.8 cm³/mol. The Kier molecular flexibility index (Phi) is 5.58. The third-order valence-corrected chi connectivity index (χ3v) is 4.55. The molecule has 2 N–H and O–H groups in total. The van der Waals surface area contributed by atoms with E-state index in [-0.39, 0.29) is 11.5 Å². The van der Waals surface area contributed by atoms with Gasteiger partial charge in [-0.1, -0.05) is 23.7 Å². The molecule has 1 aromatic rings. The van der Waals surface area contributed by atoms with Crippen LogP contribution in [0.2, 0.25) is 5.02 Å². The molecule has 23 heavy (non-hydrogen) atoms. The molecule has 1 amide bonds. The Hall–Kier alpha value is -1.26. The number of carbonyl (C=O) groups is 1. The molecule has 1 aromatic carbocycles.